The van der Waals surface area contributed by atoms with E-state index in [2.05, 4.69) is 40.3 Å². The summed E-state index contributed by atoms with van der Waals surface area (Å²) < 4.78 is 6.48. The number of hydrogen-bond acceptors (Lipinski definition) is 3. The molecule has 1 saturated heterocycles. The highest BCUT2D eigenvalue weighted by Crippen LogP contribution is 2.79. The van der Waals surface area contributed by atoms with E-state index in [0.717, 1.165) is 24.8 Å². The van der Waals surface area contributed by atoms with Crippen LogP contribution < -0.4 is 0 Å². The molecule has 3 heteroatoms. The zero-order valence-corrected chi connectivity index (χ0v) is 14.4. The van der Waals surface area contributed by atoms with E-state index in [-0.39, 0.29) is 22.0 Å². The lowest BCUT2D eigenvalue weighted by Crippen LogP contribution is -2.52. The first-order chi connectivity index (χ1) is 10.2. The van der Waals surface area contributed by atoms with Crippen molar-refractivity contribution in [1.29, 1.82) is 5.26 Å². The maximum Gasteiger partial charge on any atom is 0.125 e. The van der Waals surface area contributed by atoms with Crippen molar-refractivity contribution >= 4 is 0 Å². The minimum atomic E-state index is -0.506. The zero-order valence-electron chi connectivity index (χ0n) is 14.4. The molecule has 3 aliphatic rings. The molecule has 3 fully saturated rings. The second-order valence-corrected chi connectivity index (χ2v) is 8.50. The first kappa shape index (κ1) is 16.0. The van der Waals surface area contributed by atoms with Crippen LogP contribution in [0.5, 0.6) is 0 Å². The third-order valence-electron chi connectivity index (χ3n) is 7.30. The van der Waals surface area contributed by atoms with Gasteiger partial charge >= 0.3 is 0 Å². The summed E-state index contributed by atoms with van der Waals surface area (Å²) in [6, 6.07) is 2.15. The number of ether oxygens (including phenoxy) is 1. The molecule has 1 spiro atoms. The molecule has 3 nitrogen and oxygen atoms in total. The highest BCUT2D eigenvalue weighted by molar-refractivity contribution is 5.46. The number of nitriles is 1. The molecule has 1 heterocycles. The van der Waals surface area contributed by atoms with E-state index in [9.17, 15) is 5.11 Å². The minimum Gasteiger partial charge on any atom is -0.392 e. The summed E-state index contributed by atoms with van der Waals surface area (Å²) in [6.45, 7) is 13.4. The minimum absolute atomic E-state index is 0.0739. The Kier molecular flexibility index (Phi) is 3.34. The fourth-order valence-electron chi connectivity index (χ4n) is 5.52. The summed E-state index contributed by atoms with van der Waals surface area (Å²) in [5.41, 5.74) is 0.579. The monoisotopic (exact) mass is 303 g/mol. The van der Waals surface area contributed by atoms with E-state index in [4.69, 9.17) is 10.00 Å². The zero-order chi connectivity index (χ0) is 16.4. The van der Waals surface area contributed by atoms with Gasteiger partial charge in [-0.2, -0.15) is 5.26 Å². The fraction of sp³-hybridized carbons (Fsp3) is 0.842. The molecule has 1 unspecified atom stereocenters. The van der Waals surface area contributed by atoms with Gasteiger partial charge in [0, 0.05) is 17.3 Å². The van der Waals surface area contributed by atoms with Crippen LogP contribution in [0.3, 0.4) is 0 Å². The van der Waals surface area contributed by atoms with Crippen molar-refractivity contribution in [3.05, 3.63) is 12.2 Å². The predicted molar refractivity (Wildman–Crippen MR) is 86.1 cm³/mol. The van der Waals surface area contributed by atoms with Crippen LogP contribution in [0.2, 0.25) is 0 Å². The number of epoxide rings is 1. The van der Waals surface area contributed by atoms with Gasteiger partial charge in [0.2, 0.25) is 0 Å². The predicted octanol–water partition coefficient (Wildman–Crippen LogP) is 3.97. The quantitative estimate of drug-likeness (QED) is 0.631. The Morgan fingerprint density at radius 1 is 1.27 bits per heavy atom. The number of aliphatic hydroxyl groups excluding tert-OH is 1. The maximum absolute atomic E-state index is 10.7. The lowest BCUT2D eigenvalue weighted by Gasteiger charge is -2.50. The van der Waals surface area contributed by atoms with Crippen LogP contribution >= 0.6 is 0 Å². The largest absolute Gasteiger partial charge is 0.392 e. The van der Waals surface area contributed by atoms with E-state index in [1.807, 2.05) is 0 Å². The van der Waals surface area contributed by atoms with Crippen LogP contribution in [0.15, 0.2) is 12.2 Å². The van der Waals surface area contributed by atoms with Gasteiger partial charge < -0.3 is 9.84 Å². The molecule has 2 saturated carbocycles. The van der Waals surface area contributed by atoms with Gasteiger partial charge in [0.1, 0.15) is 11.2 Å². The summed E-state index contributed by atoms with van der Waals surface area (Å²) in [7, 11) is 0. The van der Waals surface area contributed by atoms with Gasteiger partial charge in [-0.1, -0.05) is 34.3 Å². The maximum atomic E-state index is 10.7. The van der Waals surface area contributed by atoms with E-state index in [0.29, 0.717) is 18.8 Å². The summed E-state index contributed by atoms with van der Waals surface area (Å²) in [4.78, 5) is 0. The van der Waals surface area contributed by atoms with Crippen LogP contribution in [0, 0.1) is 28.1 Å². The molecular formula is C19H29NO2. The van der Waals surface area contributed by atoms with Crippen molar-refractivity contribution in [3.63, 3.8) is 0 Å². The SMILES string of the molecule is C=C1C23O[C@]2(C(C)C)CC[C@]3(C)CC[C@]1(C)[C@@H](O)CCC#N. The summed E-state index contributed by atoms with van der Waals surface area (Å²) in [5, 5.41) is 19.5. The second kappa shape index (κ2) is 4.58. The average molecular weight is 303 g/mol. The molecule has 0 radical (unpaired) electrons. The summed E-state index contributed by atoms with van der Waals surface area (Å²) >= 11 is 0. The third kappa shape index (κ3) is 1.58. The van der Waals surface area contributed by atoms with Gasteiger partial charge in [-0.3, -0.25) is 0 Å². The number of aliphatic hydroxyl groups is 1. The van der Waals surface area contributed by atoms with Gasteiger partial charge in [0.25, 0.3) is 0 Å². The molecule has 1 N–H and O–H groups in total. The van der Waals surface area contributed by atoms with Crippen molar-refractivity contribution in [2.45, 2.75) is 83.5 Å². The van der Waals surface area contributed by atoms with Gasteiger partial charge in [-0.25, -0.2) is 0 Å². The highest BCUT2D eigenvalue weighted by Gasteiger charge is 2.84. The first-order valence-corrected chi connectivity index (χ1v) is 8.65. The Labute approximate surface area is 134 Å². The number of hydrogen-bond donors (Lipinski definition) is 1. The van der Waals surface area contributed by atoms with Crippen LogP contribution in [-0.4, -0.2) is 22.4 Å². The summed E-state index contributed by atoms with van der Waals surface area (Å²) in [5.74, 6) is 0.463. The van der Waals surface area contributed by atoms with Crippen molar-refractivity contribution in [1.82, 2.24) is 0 Å². The normalized spacial score (nSPS) is 47.8. The Hall–Kier alpha value is -0.850. The molecule has 2 aliphatic carbocycles. The van der Waals surface area contributed by atoms with Crippen molar-refractivity contribution in [3.8, 4) is 6.07 Å². The van der Waals surface area contributed by atoms with E-state index < -0.39 is 6.10 Å². The first-order valence-electron chi connectivity index (χ1n) is 8.65. The van der Waals surface area contributed by atoms with Crippen molar-refractivity contribution < 1.29 is 9.84 Å². The van der Waals surface area contributed by atoms with Crippen molar-refractivity contribution in [2.24, 2.45) is 16.7 Å². The van der Waals surface area contributed by atoms with Crippen LogP contribution in [0.1, 0.15) is 66.2 Å². The smallest absolute Gasteiger partial charge is 0.125 e. The molecule has 22 heavy (non-hydrogen) atoms. The van der Waals surface area contributed by atoms with Gasteiger partial charge in [-0.05, 0) is 43.6 Å². The van der Waals surface area contributed by atoms with Gasteiger partial charge in [0.05, 0.1) is 12.2 Å². The lowest BCUT2D eigenvalue weighted by molar-refractivity contribution is -0.0182. The number of rotatable bonds is 4. The van der Waals surface area contributed by atoms with Crippen LogP contribution in [0.4, 0.5) is 0 Å². The third-order valence-corrected chi connectivity index (χ3v) is 7.30. The van der Waals surface area contributed by atoms with E-state index in [1.54, 1.807) is 0 Å². The standard InChI is InChI=1S/C19H29NO2/c1-13(2)18-11-9-16(4)8-10-17(5,15(21)7-6-12-20)14(3)19(16,18)22-18/h13,15,21H,3,6-11H2,1-2,4-5H3/t15-,16-,17-,18-,19?/m0/s1. The topological polar surface area (TPSA) is 56.5 Å². The fourth-order valence-corrected chi connectivity index (χ4v) is 5.52. The molecule has 1 aliphatic heterocycles. The van der Waals surface area contributed by atoms with Gasteiger partial charge in [0.15, 0.2) is 0 Å². The molecule has 0 bridgehead atoms. The molecule has 122 valence electrons. The van der Waals surface area contributed by atoms with E-state index >= 15 is 0 Å². The Bertz CT molecular complexity index is 550. The Morgan fingerprint density at radius 2 is 1.91 bits per heavy atom. The van der Waals surface area contributed by atoms with Crippen molar-refractivity contribution in [2.75, 3.05) is 0 Å². The Balaban J connectivity index is 1.96. The average Bonchev–Trinajstić information content (AvgIpc) is 3.11. The van der Waals surface area contributed by atoms with Crippen LogP contribution in [-0.2, 0) is 4.74 Å². The molecule has 0 aromatic rings. The highest BCUT2D eigenvalue weighted by atomic mass is 16.6. The molecule has 0 aromatic heterocycles. The molecule has 0 aromatic carbocycles. The lowest BCUT2D eigenvalue weighted by atomic mass is 9.53. The molecule has 3 rings (SSSR count). The molecule has 0 amide bonds. The summed E-state index contributed by atoms with van der Waals surface area (Å²) in [6.07, 6.45) is 4.71. The Morgan fingerprint density at radius 3 is 2.45 bits per heavy atom. The number of nitrogens with zero attached hydrogens (tertiary/aromatic N) is 1. The molecular weight excluding hydrogens is 274 g/mol. The van der Waals surface area contributed by atoms with E-state index in [1.165, 1.54) is 6.42 Å². The second-order valence-electron chi connectivity index (χ2n) is 8.50. The molecule has 5 atom stereocenters. The van der Waals surface area contributed by atoms with Gasteiger partial charge in [-0.15, -0.1) is 0 Å². The van der Waals surface area contributed by atoms with Crippen LogP contribution in [0.25, 0.3) is 0 Å².